The van der Waals surface area contributed by atoms with Crippen LogP contribution in [-0.2, 0) is 4.79 Å². The van der Waals surface area contributed by atoms with Gasteiger partial charge in [0.2, 0.25) is 5.91 Å². The van der Waals surface area contributed by atoms with Crippen LogP contribution in [-0.4, -0.2) is 55.7 Å². The normalized spacial score (nSPS) is 25.7. The molecule has 0 aliphatic carbocycles. The molecular weight excluding hydrogens is 369 g/mol. The number of halogens is 4. The van der Waals surface area contributed by atoms with Crippen LogP contribution in [0.1, 0.15) is 24.4 Å². The predicted octanol–water partition coefficient (Wildman–Crippen LogP) is 3.52. The molecule has 2 aliphatic rings. The number of nitrogens with zero attached hydrogens (tertiary/aromatic N) is 2. The van der Waals surface area contributed by atoms with Crippen LogP contribution in [0.15, 0.2) is 24.3 Å². The van der Waals surface area contributed by atoms with Gasteiger partial charge in [-0.3, -0.25) is 9.69 Å². The van der Waals surface area contributed by atoms with Gasteiger partial charge in [-0.1, -0.05) is 12.1 Å². The summed E-state index contributed by atoms with van der Waals surface area (Å²) in [5, 5.41) is 0. The minimum atomic E-state index is -4.28. The summed E-state index contributed by atoms with van der Waals surface area (Å²) in [5.74, 6) is 0.972. The van der Waals surface area contributed by atoms with Crippen LogP contribution in [0.3, 0.4) is 0 Å². The molecule has 2 fully saturated rings. The number of carbonyl (C=O) groups is 1. The maximum absolute atomic E-state index is 12.3. The van der Waals surface area contributed by atoms with E-state index in [9.17, 15) is 18.0 Å². The minimum Gasteiger partial charge on any atom is -0.497 e. The molecule has 2 saturated heterocycles. The SMILES string of the molecule is COc1ccc([C@H]2[C@@H]3CN(C(=O)CCC(F)(F)F)C[C@@H]3CN2C)cc1.Cl. The standard InChI is InChI=1S/C18H23F3N2O2.ClH/c1-22-9-13-10-23(16(24)7-8-18(19,20)21)11-15(13)17(22)12-3-5-14(25-2)6-4-12;/h3-6,13,15,17H,7-11H2,1-2H3;1H/t13-,15+,17-;/m0./s1. The lowest BCUT2D eigenvalue weighted by molar-refractivity contribution is -0.148. The van der Waals surface area contributed by atoms with E-state index in [0.717, 1.165) is 17.9 Å². The third-order valence-corrected chi connectivity index (χ3v) is 5.33. The highest BCUT2D eigenvalue weighted by atomic mass is 35.5. The smallest absolute Gasteiger partial charge is 0.389 e. The molecule has 2 aliphatic heterocycles. The van der Waals surface area contributed by atoms with Crippen LogP contribution in [0.4, 0.5) is 13.2 Å². The molecule has 0 spiro atoms. The molecule has 8 heteroatoms. The third-order valence-electron chi connectivity index (χ3n) is 5.33. The van der Waals surface area contributed by atoms with Crippen molar-refractivity contribution in [1.82, 2.24) is 9.80 Å². The van der Waals surface area contributed by atoms with E-state index >= 15 is 0 Å². The van der Waals surface area contributed by atoms with E-state index in [1.807, 2.05) is 24.3 Å². The first-order chi connectivity index (χ1) is 11.8. The van der Waals surface area contributed by atoms with Gasteiger partial charge in [0.15, 0.2) is 0 Å². The molecule has 3 rings (SSSR count). The van der Waals surface area contributed by atoms with E-state index in [-0.39, 0.29) is 30.3 Å². The number of benzene rings is 1. The largest absolute Gasteiger partial charge is 0.497 e. The molecule has 4 nitrogen and oxygen atoms in total. The van der Waals surface area contributed by atoms with Crippen molar-refractivity contribution in [1.29, 1.82) is 0 Å². The van der Waals surface area contributed by atoms with Crippen molar-refractivity contribution < 1.29 is 22.7 Å². The van der Waals surface area contributed by atoms with Gasteiger partial charge in [-0.2, -0.15) is 13.2 Å². The fraction of sp³-hybridized carbons (Fsp3) is 0.611. The van der Waals surface area contributed by atoms with E-state index in [1.165, 1.54) is 0 Å². The molecule has 1 amide bonds. The van der Waals surface area contributed by atoms with E-state index in [2.05, 4.69) is 11.9 Å². The second-order valence-electron chi connectivity index (χ2n) is 7.00. The minimum absolute atomic E-state index is 0. The molecule has 0 bridgehead atoms. The fourth-order valence-electron chi connectivity index (χ4n) is 4.17. The molecule has 0 aromatic heterocycles. The Bertz CT molecular complexity index is 624. The molecule has 1 aromatic carbocycles. The topological polar surface area (TPSA) is 32.8 Å². The molecule has 26 heavy (non-hydrogen) atoms. The zero-order chi connectivity index (χ0) is 18.2. The summed E-state index contributed by atoms with van der Waals surface area (Å²) in [5.41, 5.74) is 1.15. The quantitative estimate of drug-likeness (QED) is 0.786. The van der Waals surface area contributed by atoms with E-state index in [1.54, 1.807) is 12.0 Å². The van der Waals surface area contributed by atoms with Crippen molar-refractivity contribution in [3.63, 3.8) is 0 Å². The molecule has 3 atom stereocenters. The number of carbonyl (C=O) groups excluding carboxylic acids is 1. The number of fused-ring (bicyclic) bond motifs is 1. The van der Waals surface area contributed by atoms with Gasteiger partial charge in [0, 0.05) is 38.0 Å². The predicted molar refractivity (Wildman–Crippen MR) is 94.5 cm³/mol. The van der Waals surface area contributed by atoms with Gasteiger partial charge in [-0.25, -0.2) is 0 Å². The van der Waals surface area contributed by atoms with Crippen LogP contribution < -0.4 is 4.74 Å². The summed E-state index contributed by atoms with van der Waals surface area (Å²) in [4.78, 5) is 16.0. The Balaban J connectivity index is 0.00000243. The molecule has 0 unspecified atom stereocenters. The Morgan fingerprint density at radius 3 is 2.42 bits per heavy atom. The zero-order valence-electron chi connectivity index (χ0n) is 14.8. The number of alkyl halides is 3. The Hall–Kier alpha value is -1.47. The second-order valence-corrected chi connectivity index (χ2v) is 7.00. The number of rotatable bonds is 4. The Labute approximate surface area is 157 Å². The Kier molecular flexibility index (Phi) is 6.45. The molecule has 0 N–H and O–H groups in total. The van der Waals surface area contributed by atoms with Gasteiger partial charge >= 0.3 is 6.18 Å². The molecule has 2 heterocycles. The van der Waals surface area contributed by atoms with Crippen LogP contribution in [0.2, 0.25) is 0 Å². The highest BCUT2D eigenvalue weighted by molar-refractivity contribution is 5.85. The van der Waals surface area contributed by atoms with Gasteiger partial charge < -0.3 is 9.64 Å². The lowest BCUT2D eigenvalue weighted by atomic mass is 9.89. The Morgan fingerprint density at radius 1 is 1.19 bits per heavy atom. The lowest BCUT2D eigenvalue weighted by Gasteiger charge is -2.27. The van der Waals surface area contributed by atoms with Gasteiger partial charge in [0.1, 0.15) is 5.75 Å². The maximum Gasteiger partial charge on any atom is 0.389 e. The van der Waals surface area contributed by atoms with Crippen LogP contribution in [0, 0.1) is 11.8 Å². The van der Waals surface area contributed by atoms with E-state index in [4.69, 9.17) is 4.74 Å². The van der Waals surface area contributed by atoms with Crippen molar-refractivity contribution in [3.8, 4) is 5.75 Å². The first kappa shape index (κ1) is 20.8. The van der Waals surface area contributed by atoms with Crippen molar-refractivity contribution in [2.75, 3.05) is 33.8 Å². The van der Waals surface area contributed by atoms with Crippen molar-refractivity contribution in [2.45, 2.75) is 25.1 Å². The molecule has 0 radical (unpaired) electrons. The average Bonchev–Trinajstić information content (AvgIpc) is 3.08. The van der Waals surface area contributed by atoms with Gasteiger partial charge in [0.05, 0.1) is 13.5 Å². The highest BCUT2D eigenvalue weighted by Gasteiger charge is 2.47. The molecule has 1 aromatic rings. The number of likely N-dealkylation sites (tertiary alicyclic amines) is 2. The fourth-order valence-corrected chi connectivity index (χ4v) is 4.17. The monoisotopic (exact) mass is 392 g/mol. The van der Waals surface area contributed by atoms with Crippen molar-refractivity contribution in [2.24, 2.45) is 11.8 Å². The average molecular weight is 393 g/mol. The highest BCUT2D eigenvalue weighted by Crippen LogP contribution is 2.44. The Morgan fingerprint density at radius 2 is 1.85 bits per heavy atom. The number of methoxy groups -OCH3 is 1. The molecule has 0 saturated carbocycles. The van der Waals surface area contributed by atoms with Crippen molar-refractivity contribution in [3.05, 3.63) is 29.8 Å². The first-order valence-corrected chi connectivity index (χ1v) is 8.47. The van der Waals surface area contributed by atoms with E-state index in [0.29, 0.717) is 19.0 Å². The van der Waals surface area contributed by atoms with Gasteiger partial charge in [0.25, 0.3) is 0 Å². The van der Waals surface area contributed by atoms with Crippen molar-refractivity contribution >= 4 is 18.3 Å². The number of hydrogen-bond donors (Lipinski definition) is 0. The number of ether oxygens (including phenoxy) is 1. The summed E-state index contributed by atoms with van der Waals surface area (Å²) < 4.78 is 42.2. The van der Waals surface area contributed by atoms with Crippen LogP contribution in [0.5, 0.6) is 5.75 Å². The van der Waals surface area contributed by atoms with Gasteiger partial charge in [-0.05, 0) is 30.7 Å². The first-order valence-electron chi connectivity index (χ1n) is 8.47. The summed E-state index contributed by atoms with van der Waals surface area (Å²) in [7, 11) is 3.68. The number of hydrogen-bond acceptors (Lipinski definition) is 3. The molecule has 146 valence electrons. The summed E-state index contributed by atoms with van der Waals surface area (Å²) in [6, 6.07) is 8.05. The maximum atomic E-state index is 12.3. The number of amides is 1. The van der Waals surface area contributed by atoms with Crippen LogP contribution >= 0.6 is 12.4 Å². The third kappa shape index (κ3) is 4.43. The summed E-state index contributed by atoms with van der Waals surface area (Å²) >= 11 is 0. The lowest BCUT2D eigenvalue weighted by Crippen LogP contribution is -2.33. The zero-order valence-corrected chi connectivity index (χ0v) is 15.6. The second kappa shape index (κ2) is 8.05. The van der Waals surface area contributed by atoms with Crippen LogP contribution in [0.25, 0.3) is 0 Å². The summed E-state index contributed by atoms with van der Waals surface area (Å²) in [6.07, 6.45) is -5.78. The molecular formula is C18H24ClF3N2O2. The summed E-state index contributed by atoms with van der Waals surface area (Å²) in [6.45, 7) is 1.94. The van der Waals surface area contributed by atoms with E-state index < -0.39 is 19.0 Å². The van der Waals surface area contributed by atoms with Gasteiger partial charge in [-0.15, -0.1) is 12.4 Å².